The number of nitrogens with zero attached hydrogens (tertiary/aromatic N) is 4. The van der Waals surface area contributed by atoms with Gasteiger partial charge in [0.25, 0.3) is 5.91 Å². The van der Waals surface area contributed by atoms with E-state index >= 15 is 0 Å². The first-order chi connectivity index (χ1) is 18.0. The first-order valence-corrected chi connectivity index (χ1v) is 12.9. The van der Waals surface area contributed by atoms with Crippen LogP contribution in [0.25, 0.3) is 0 Å². The van der Waals surface area contributed by atoms with Gasteiger partial charge in [0.15, 0.2) is 6.73 Å². The highest BCUT2D eigenvalue weighted by molar-refractivity contribution is 6.42. The minimum atomic E-state index is -0.557. The van der Waals surface area contributed by atoms with Crippen LogP contribution in [0, 0.1) is 0 Å². The molecular weight excluding hydrogens is 553 g/mol. The SMILES string of the molecule is CC(C)(C)OC(=O)N1CCc2ccc(Nc3ncc4c(n3)OCN(c3c(Cl)cc(Cl)cc3Cl)C4=O)cc2C1. The summed E-state index contributed by atoms with van der Waals surface area (Å²) in [5.74, 6) is -0.00808. The van der Waals surface area contributed by atoms with Gasteiger partial charge in [-0.2, -0.15) is 4.98 Å². The van der Waals surface area contributed by atoms with Crippen molar-refractivity contribution >= 4 is 64.1 Å². The summed E-state index contributed by atoms with van der Waals surface area (Å²) in [6.45, 7) is 6.44. The second-order valence-corrected chi connectivity index (χ2v) is 11.1. The zero-order chi connectivity index (χ0) is 27.2. The monoisotopic (exact) mass is 575 g/mol. The van der Waals surface area contributed by atoms with Gasteiger partial charge in [-0.1, -0.05) is 40.9 Å². The molecule has 0 unspecified atom stereocenters. The number of rotatable bonds is 3. The van der Waals surface area contributed by atoms with Crippen LogP contribution in [0.4, 0.5) is 22.1 Å². The van der Waals surface area contributed by atoms with Gasteiger partial charge in [0.2, 0.25) is 11.8 Å². The highest BCUT2D eigenvalue weighted by atomic mass is 35.5. The highest BCUT2D eigenvalue weighted by Crippen LogP contribution is 2.39. The maximum absolute atomic E-state index is 13.2. The lowest BCUT2D eigenvalue weighted by molar-refractivity contribution is 0.0224. The van der Waals surface area contributed by atoms with E-state index in [1.165, 1.54) is 23.2 Å². The van der Waals surface area contributed by atoms with Crippen molar-refractivity contribution in [3.05, 3.63) is 68.3 Å². The zero-order valence-corrected chi connectivity index (χ0v) is 23.1. The minimum Gasteiger partial charge on any atom is -0.455 e. The van der Waals surface area contributed by atoms with Gasteiger partial charge in [0, 0.05) is 30.0 Å². The molecule has 0 radical (unpaired) electrons. The number of nitrogens with one attached hydrogen (secondary N) is 1. The van der Waals surface area contributed by atoms with Gasteiger partial charge in [-0.15, -0.1) is 0 Å². The molecule has 5 rings (SSSR count). The number of benzene rings is 2. The van der Waals surface area contributed by atoms with Crippen LogP contribution in [0.15, 0.2) is 36.5 Å². The Morgan fingerprint density at radius 3 is 2.55 bits per heavy atom. The summed E-state index contributed by atoms with van der Waals surface area (Å²) in [5, 5.41) is 3.95. The number of carbonyl (C=O) groups excluding carboxylic acids is 2. The van der Waals surface area contributed by atoms with Gasteiger partial charge >= 0.3 is 6.09 Å². The Morgan fingerprint density at radius 2 is 1.84 bits per heavy atom. The fraction of sp³-hybridized carbons (Fsp3) is 0.308. The van der Waals surface area contributed by atoms with Crippen molar-refractivity contribution in [3.8, 4) is 5.88 Å². The number of halogens is 3. The largest absolute Gasteiger partial charge is 0.455 e. The maximum atomic E-state index is 13.2. The third kappa shape index (κ3) is 5.45. The van der Waals surface area contributed by atoms with Crippen LogP contribution in [-0.4, -0.2) is 45.7 Å². The molecule has 0 fully saturated rings. The van der Waals surface area contributed by atoms with Crippen LogP contribution >= 0.6 is 34.8 Å². The van der Waals surface area contributed by atoms with Crippen LogP contribution in [0.3, 0.4) is 0 Å². The number of carbonyl (C=O) groups is 2. The molecule has 3 aromatic rings. The summed E-state index contributed by atoms with van der Waals surface area (Å²) >= 11 is 18.6. The molecule has 0 aliphatic carbocycles. The predicted octanol–water partition coefficient (Wildman–Crippen LogP) is 6.47. The number of hydrogen-bond donors (Lipinski definition) is 1. The lowest BCUT2D eigenvalue weighted by Crippen LogP contribution is -2.39. The van der Waals surface area contributed by atoms with Crippen molar-refractivity contribution in [1.29, 1.82) is 0 Å². The van der Waals surface area contributed by atoms with Crippen molar-refractivity contribution in [2.75, 3.05) is 23.5 Å². The molecule has 2 amide bonds. The van der Waals surface area contributed by atoms with Crippen molar-refractivity contribution in [2.45, 2.75) is 39.3 Å². The molecule has 2 aliphatic rings. The fourth-order valence-electron chi connectivity index (χ4n) is 4.22. The molecule has 9 nitrogen and oxygen atoms in total. The van der Waals surface area contributed by atoms with E-state index in [1.54, 1.807) is 4.90 Å². The first-order valence-electron chi connectivity index (χ1n) is 11.8. The molecule has 0 saturated heterocycles. The molecule has 38 heavy (non-hydrogen) atoms. The van der Waals surface area contributed by atoms with Crippen LogP contribution in [0.2, 0.25) is 15.1 Å². The second-order valence-electron chi connectivity index (χ2n) is 9.90. The Bertz CT molecular complexity index is 1420. The van der Waals surface area contributed by atoms with Gasteiger partial charge in [-0.05, 0) is 62.6 Å². The van der Waals surface area contributed by atoms with Gasteiger partial charge in [0.05, 0.1) is 15.7 Å². The summed E-state index contributed by atoms with van der Waals surface area (Å²) in [4.78, 5) is 37.4. The van der Waals surface area contributed by atoms with Crippen molar-refractivity contribution < 1.29 is 19.1 Å². The van der Waals surface area contributed by atoms with Crippen LogP contribution < -0.4 is 15.0 Å². The van der Waals surface area contributed by atoms with Gasteiger partial charge < -0.3 is 19.7 Å². The number of anilines is 3. The summed E-state index contributed by atoms with van der Waals surface area (Å²) in [6, 6.07) is 8.89. The smallest absolute Gasteiger partial charge is 0.410 e. The molecule has 0 atom stereocenters. The molecule has 0 saturated carbocycles. The Kier molecular flexibility index (Phi) is 7.02. The third-order valence-corrected chi connectivity index (χ3v) is 6.73. The maximum Gasteiger partial charge on any atom is 0.410 e. The lowest BCUT2D eigenvalue weighted by Gasteiger charge is -2.31. The van der Waals surface area contributed by atoms with Crippen molar-refractivity contribution in [1.82, 2.24) is 14.9 Å². The van der Waals surface area contributed by atoms with E-state index in [0.717, 1.165) is 23.2 Å². The van der Waals surface area contributed by atoms with Gasteiger partial charge in [0.1, 0.15) is 11.2 Å². The van der Waals surface area contributed by atoms with E-state index < -0.39 is 11.5 Å². The van der Waals surface area contributed by atoms with Gasteiger partial charge in [-0.3, -0.25) is 9.69 Å². The summed E-state index contributed by atoms with van der Waals surface area (Å²) < 4.78 is 11.3. The van der Waals surface area contributed by atoms with E-state index in [1.807, 2.05) is 39.0 Å². The number of fused-ring (bicyclic) bond motifs is 2. The van der Waals surface area contributed by atoms with Crippen molar-refractivity contribution in [2.24, 2.45) is 0 Å². The van der Waals surface area contributed by atoms with E-state index in [2.05, 4.69) is 15.3 Å². The molecule has 198 valence electrons. The Labute approximate surface area is 234 Å². The third-order valence-electron chi connectivity index (χ3n) is 5.94. The van der Waals surface area contributed by atoms with E-state index in [9.17, 15) is 9.59 Å². The molecule has 2 aliphatic heterocycles. The first kappa shape index (κ1) is 26.3. The fourth-order valence-corrected chi connectivity index (χ4v) is 5.24. The highest BCUT2D eigenvalue weighted by Gasteiger charge is 2.32. The second kappa shape index (κ2) is 10.1. The van der Waals surface area contributed by atoms with Crippen LogP contribution in [-0.2, 0) is 17.7 Å². The topological polar surface area (TPSA) is 96.9 Å². The van der Waals surface area contributed by atoms with Crippen LogP contribution in [0.5, 0.6) is 5.88 Å². The number of amides is 2. The Balaban J connectivity index is 1.32. The van der Waals surface area contributed by atoms with Crippen molar-refractivity contribution in [3.63, 3.8) is 0 Å². The molecule has 0 bridgehead atoms. The number of aromatic nitrogens is 2. The minimum absolute atomic E-state index is 0.136. The quantitative estimate of drug-likeness (QED) is 0.382. The number of ether oxygens (including phenoxy) is 2. The summed E-state index contributed by atoms with van der Waals surface area (Å²) in [7, 11) is 0. The summed E-state index contributed by atoms with van der Waals surface area (Å²) in [6.07, 6.45) is 1.79. The lowest BCUT2D eigenvalue weighted by atomic mass is 9.99. The zero-order valence-electron chi connectivity index (χ0n) is 20.8. The molecule has 1 aromatic heterocycles. The summed E-state index contributed by atoms with van der Waals surface area (Å²) in [5.41, 5.74) is 2.81. The van der Waals surface area contributed by atoms with E-state index in [4.69, 9.17) is 44.3 Å². The predicted molar refractivity (Wildman–Crippen MR) is 146 cm³/mol. The molecule has 1 N–H and O–H groups in total. The van der Waals surface area contributed by atoms with E-state index in [-0.39, 0.29) is 40.3 Å². The molecule has 0 spiro atoms. The standard InChI is InChI=1S/C26H24Cl3N5O4/c1-26(2,3)38-25(36)33-7-6-14-4-5-17(8-15(14)12-33)31-24-30-11-18-22(32-24)37-13-34(23(18)35)21-19(28)9-16(27)10-20(21)29/h4-5,8-11H,6-7,12-13H2,1-3H3,(H,30,31,32). The van der Waals surface area contributed by atoms with Crippen LogP contribution in [0.1, 0.15) is 42.3 Å². The average Bonchev–Trinajstić information content (AvgIpc) is 2.83. The molecule has 12 heteroatoms. The Hall–Kier alpha value is -3.27. The molecule has 2 aromatic carbocycles. The molecule has 3 heterocycles. The van der Waals surface area contributed by atoms with Gasteiger partial charge in [-0.25, -0.2) is 9.78 Å². The average molecular weight is 577 g/mol. The normalized spacial score (nSPS) is 14.9. The Morgan fingerprint density at radius 1 is 1.11 bits per heavy atom. The number of hydrogen-bond acceptors (Lipinski definition) is 7. The molecular formula is C26H24Cl3N5O4. The van der Waals surface area contributed by atoms with E-state index in [0.29, 0.717) is 23.8 Å².